The Morgan fingerprint density at radius 3 is 2.61 bits per heavy atom. The van der Waals surface area contributed by atoms with Gasteiger partial charge in [0.25, 0.3) is 11.8 Å². The number of amides is 2. The fraction of sp³-hybridized carbons (Fsp3) is 0.364. The van der Waals surface area contributed by atoms with Crippen LogP contribution in [0.1, 0.15) is 22.3 Å². The van der Waals surface area contributed by atoms with E-state index in [1.165, 1.54) is 5.56 Å². The first-order valence-electron chi connectivity index (χ1n) is 9.57. The van der Waals surface area contributed by atoms with E-state index in [9.17, 15) is 9.59 Å². The predicted octanol–water partition coefficient (Wildman–Crippen LogP) is 2.65. The lowest BCUT2D eigenvalue weighted by molar-refractivity contribution is -0.118. The fourth-order valence-corrected chi connectivity index (χ4v) is 3.14. The van der Waals surface area contributed by atoms with Crippen molar-refractivity contribution in [3.63, 3.8) is 0 Å². The second kappa shape index (κ2) is 9.37. The molecule has 2 amide bonds. The van der Waals surface area contributed by atoms with Crippen LogP contribution in [0.3, 0.4) is 0 Å². The van der Waals surface area contributed by atoms with Gasteiger partial charge in [0.2, 0.25) is 0 Å². The summed E-state index contributed by atoms with van der Waals surface area (Å²) in [6, 6.07) is 15.5. The molecule has 1 heterocycles. The summed E-state index contributed by atoms with van der Waals surface area (Å²) < 4.78 is 5.45. The van der Waals surface area contributed by atoms with E-state index < -0.39 is 0 Å². The molecule has 0 fully saturated rings. The number of carbonyl (C=O) groups is 2. The smallest absolute Gasteiger partial charge is 0.262 e. The highest BCUT2D eigenvalue weighted by atomic mass is 16.5. The van der Waals surface area contributed by atoms with E-state index in [0.29, 0.717) is 30.1 Å². The number of anilines is 1. The number of rotatable bonds is 8. The lowest BCUT2D eigenvalue weighted by Crippen LogP contribution is -2.37. The molecule has 6 heteroatoms. The van der Waals surface area contributed by atoms with Crippen LogP contribution < -0.4 is 10.1 Å². The van der Waals surface area contributed by atoms with E-state index in [2.05, 4.69) is 22.3 Å². The van der Waals surface area contributed by atoms with Crippen LogP contribution in [0.25, 0.3) is 0 Å². The van der Waals surface area contributed by atoms with Crippen LogP contribution in [0, 0.1) is 0 Å². The second-order valence-electron chi connectivity index (χ2n) is 7.23. The molecule has 6 nitrogen and oxygen atoms in total. The SMILES string of the molecule is CN(C)CCN(CCCc1ccccc1)C(=O)c1ccc2c(c1)OCC(=O)N2. The van der Waals surface area contributed by atoms with Crippen molar-refractivity contribution in [2.75, 3.05) is 45.7 Å². The summed E-state index contributed by atoms with van der Waals surface area (Å²) in [4.78, 5) is 28.5. The van der Waals surface area contributed by atoms with Crippen LogP contribution in [0.4, 0.5) is 5.69 Å². The van der Waals surface area contributed by atoms with Crippen LogP contribution in [-0.2, 0) is 11.2 Å². The zero-order chi connectivity index (χ0) is 19.9. The van der Waals surface area contributed by atoms with Gasteiger partial charge in [-0.3, -0.25) is 9.59 Å². The third kappa shape index (κ3) is 5.33. The number of carbonyl (C=O) groups excluding carboxylic acids is 2. The summed E-state index contributed by atoms with van der Waals surface area (Å²) >= 11 is 0. The zero-order valence-electron chi connectivity index (χ0n) is 16.5. The average molecular weight is 381 g/mol. The summed E-state index contributed by atoms with van der Waals surface area (Å²) in [6.07, 6.45) is 1.84. The maximum atomic E-state index is 13.1. The van der Waals surface area contributed by atoms with Crippen molar-refractivity contribution in [1.29, 1.82) is 0 Å². The molecular formula is C22H27N3O3. The minimum atomic E-state index is -0.180. The first-order valence-corrected chi connectivity index (χ1v) is 9.57. The van der Waals surface area contributed by atoms with Gasteiger partial charge in [-0.25, -0.2) is 0 Å². The predicted molar refractivity (Wildman–Crippen MR) is 110 cm³/mol. The standard InChI is InChI=1S/C22H27N3O3/c1-24(2)13-14-25(12-6-9-17-7-4-3-5-8-17)22(27)18-10-11-19-20(15-18)28-16-21(26)23-19/h3-5,7-8,10-11,15H,6,9,12-14,16H2,1-2H3,(H,23,26). The number of benzene rings is 2. The molecule has 148 valence electrons. The van der Waals surface area contributed by atoms with E-state index in [-0.39, 0.29) is 18.4 Å². The first-order chi connectivity index (χ1) is 13.5. The van der Waals surface area contributed by atoms with Gasteiger partial charge >= 0.3 is 0 Å². The number of aryl methyl sites for hydroxylation is 1. The van der Waals surface area contributed by atoms with Crippen molar-refractivity contribution in [3.05, 3.63) is 59.7 Å². The minimum absolute atomic E-state index is 0.0155. The molecule has 28 heavy (non-hydrogen) atoms. The molecule has 0 radical (unpaired) electrons. The Balaban J connectivity index is 1.68. The molecule has 0 bridgehead atoms. The molecule has 0 aromatic heterocycles. The number of fused-ring (bicyclic) bond motifs is 1. The highest BCUT2D eigenvalue weighted by molar-refractivity contribution is 5.99. The molecule has 0 atom stereocenters. The topological polar surface area (TPSA) is 61.9 Å². The van der Waals surface area contributed by atoms with Crippen LogP contribution in [0.5, 0.6) is 5.75 Å². The molecule has 0 unspecified atom stereocenters. The molecule has 1 N–H and O–H groups in total. The molecule has 0 saturated carbocycles. The van der Waals surface area contributed by atoms with Gasteiger partial charge in [0.1, 0.15) is 5.75 Å². The van der Waals surface area contributed by atoms with Gasteiger partial charge in [0.15, 0.2) is 6.61 Å². The summed E-state index contributed by atoms with van der Waals surface area (Å²) in [5.41, 5.74) is 2.46. The molecular weight excluding hydrogens is 354 g/mol. The van der Waals surface area contributed by atoms with Gasteiger partial charge in [-0.1, -0.05) is 30.3 Å². The Morgan fingerprint density at radius 1 is 1.07 bits per heavy atom. The maximum Gasteiger partial charge on any atom is 0.262 e. The van der Waals surface area contributed by atoms with Crippen molar-refractivity contribution in [2.24, 2.45) is 0 Å². The van der Waals surface area contributed by atoms with Crippen LogP contribution in [-0.4, -0.2) is 62.0 Å². The third-order valence-electron chi connectivity index (χ3n) is 4.70. The third-order valence-corrected chi connectivity index (χ3v) is 4.70. The Hall–Kier alpha value is -2.86. The Morgan fingerprint density at radius 2 is 1.86 bits per heavy atom. The molecule has 1 aliphatic rings. The van der Waals surface area contributed by atoms with E-state index in [0.717, 1.165) is 19.4 Å². The summed E-state index contributed by atoms with van der Waals surface area (Å²) in [5, 5.41) is 2.75. The molecule has 0 spiro atoms. The molecule has 2 aromatic rings. The molecule has 1 aliphatic heterocycles. The molecule has 2 aromatic carbocycles. The van der Waals surface area contributed by atoms with Crippen molar-refractivity contribution < 1.29 is 14.3 Å². The number of ether oxygens (including phenoxy) is 1. The van der Waals surface area contributed by atoms with Gasteiger partial charge < -0.3 is 19.9 Å². The van der Waals surface area contributed by atoms with Crippen LogP contribution in [0.15, 0.2) is 48.5 Å². The van der Waals surface area contributed by atoms with Gasteiger partial charge in [0.05, 0.1) is 5.69 Å². The van der Waals surface area contributed by atoms with Crippen molar-refractivity contribution in [2.45, 2.75) is 12.8 Å². The Kier molecular flexibility index (Phi) is 6.66. The molecule has 0 saturated heterocycles. The number of nitrogens with one attached hydrogen (secondary N) is 1. The van der Waals surface area contributed by atoms with Crippen molar-refractivity contribution in [3.8, 4) is 5.75 Å². The summed E-state index contributed by atoms with van der Waals surface area (Å²) in [7, 11) is 4.00. The fourth-order valence-electron chi connectivity index (χ4n) is 3.14. The average Bonchev–Trinajstić information content (AvgIpc) is 2.70. The maximum absolute atomic E-state index is 13.1. The van der Waals surface area contributed by atoms with Gasteiger partial charge in [-0.2, -0.15) is 0 Å². The molecule has 0 aliphatic carbocycles. The van der Waals surface area contributed by atoms with Gasteiger partial charge in [-0.15, -0.1) is 0 Å². The number of hydrogen-bond acceptors (Lipinski definition) is 4. The number of nitrogens with zero attached hydrogens (tertiary/aromatic N) is 2. The van der Waals surface area contributed by atoms with Crippen LogP contribution >= 0.6 is 0 Å². The monoisotopic (exact) mass is 381 g/mol. The lowest BCUT2D eigenvalue weighted by atomic mass is 10.1. The largest absolute Gasteiger partial charge is 0.482 e. The van der Waals surface area contributed by atoms with E-state index >= 15 is 0 Å². The number of likely N-dealkylation sites (N-methyl/N-ethyl adjacent to an activating group) is 1. The normalized spacial score (nSPS) is 12.9. The van der Waals surface area contributed by atoms with Gasteiger partial charge in [0, 0.05) is 25.2 Å². The zero-order valence-corrected chi connectivity index (χ0v) is 16.5. The molecule has 3 rings (SSSR count). The Labute approximate surface area is 166 Å². The van der Waals surface area contributed by atoms with E-state index in [4.69, 9.17) is 4.74 Å². The summed E-state index contributed by atoms with van der Waals surface area (Å²) in [6.45, 7) is 2.13. The second-order valence-corrected chi connectivity index (χ2v) is 7.23. The Bertz CT molecular complexity index is 821. The highest BCUT2D eigenvalue weighted by Crippen LogP contribution is 2.29. The van der Waals surface area contributed by atoms with Crippen molar-refractivity contribution >= 4 is 17.5 Å². The van der Waals surface area contributed by atoms with E-state index in [1.807, 2.05) is 37.2 Å². The number of hydrogen-bond donors (Lipinski definition) is 1. The lowest BCUT2D eigenvalue weighted by Gasteiger charge is -2.25. The van der Waals surface area contributed by atoms with E-state index in [1.54, 1.807) is 18.2 Å². The van der Waals surface area contributed by atoms with Crippen molar-refractivity contribution in [1.82, 2.24) is 9.80 Å². The highest BCUT2D eigenvalue weighted by Gasteiger charge is 2.21. The van der Waals surface area contributed by atoms with Gasteiger partial charge in [-0.05, 0) is 50.7 Å². The first kappa shape index (κ1) is 19.9. The summed E-state index contributed by atoms with van der Waals surface area (Å²) in [5.74, 6) is 0.348. The van der Waals surface area contributed by atoms with Crippen LogP contribution in [0.2, 0.25) is 0 Å². The quantitative estimate of drug-likeness (QED) is 0.764. The minimum Gasteiger partial charge on any atom is -0.482 e.